The van der Waals surface area contributed by atoms with Gasteiger partial charge in [-0.3, -0.25) is 28.3 Å². The van der Waals surface area contributed by atoms with E-state index in [1.807, 2.05) is 0 Å². The van der Waals surface area contributed by atoms with E-state index in [2.05, 4.69) is 34.6 Å². The number of hydrogen-bond acceptors (Lipinski definition) is 20. The summed E-state index contributed by atoms with van der Waals surface area (Å²) < 4.78 is 89.3. The smallest absolute Gasteiger partial charge is 0.756 e. The van der Waals surface area contributed by atoms with Crippen molar-refractivity contribution in [2.45, 2.75) is 434 Å². The first-order chi connectivity index (χ1) is 47.9. The molecular weight excluding hydrogens is 1380 g/mol. The van der Waals surface area contributed by atoms with E-state index in [1.54, 1.807) is 13.8 Å². The van der Waals surface area contributed by atoms with Crippen LogP contribution < -0.4 is 68.9 Å². The van der Waals surface area contributed by atoms with Crippen molar-refractivity contribution >= 4 is 39.5 Å². The van der Waals surface area contributed by atoms with Crippen LogP contribution in [0.25, 0.3) is 0 Å². The fraction of sp³-hybridized carbons (Fsp3) is 0.949. The normalized spacial score (nSPS) is 17.0. The van der Waals surface area contributed by atoms with Gasteiger partial charge in [-0.1, -0.05) is 319 Å². The van der Waals surface area contributed by atoms with Gasteiger partial charge in [0.15, 0.2) is 24.3 Å². The Kier molecular flexibility index (Phi) is 80.6. The molecule has 2 aliphatic rings. The third-order valence-corrected chi connectivity index (χ3v) is 19.9. The molecule has 0 radical (unpaired) electrons. The van der Waals surface area contributed by atoms with Crippen LogP contribution in [0.1, 0.15) is 397 Å². The summed E-state index contributed by atoms with van der Waals surface area (Å²) >= 11 is 0. The molecular formula is C79H154Na2O20P2. The van der Waals surface area contributed by atoms with Crippen molar-refractivity contribution in [3.8, 4) is 0 Å². The first-order valence-corrected chi connectivity index (χ1v) is 43.3. The second kappa shape index (κ2) is 76.0. The molecule has 0 amide bonds. The monoisotopic (exact) mass is 1530 g/mol. The number of ether oxygens (including phenoxy) is 8. The van der Waals surface area contributed by atoms with E-state index in [1.165, 1.54) is 193 Å². The molecule has 0 saturated carbocycles. The summed E-state index contributed by atoms with van der Waals surface area (Å²) in [5.74, 6) is -2.55. The molecule has 2 fully saturated rings. The zero-order valence-electron chi connectivity index (χ0n) is 65.9. The van der Waals surface area contributed by atoms with Crippen LogP contribution in [0.4, 0.5) is 0 Å². The Morgan fingerprint density at radius 3 is 0.942 bits per heavy atom. The Hall–Kier alpha value is -0.0600. The van der Waals surface area contributed by atoms with Crippen molar-refractivity contribution < 1.29 is 153 Å². The van der Waals surface area contributed by atoms with Crippen LogP contribution in [-0.4, -0.2) is 113 Å². The molecule has 7 atom stereocenters. The molecule has 2 rings (SSSR count). The van der Waals surface area contributed by atoms with Gasteiger partial charge < -0.3 is 65.8 Å². The summed E-state index contributed by atoms with van der Waals surface area (Å²) in [5, 5.41) is 0. The van der Waals surface area contributed by atoms with E-state index in [0.29, 0.717) is 12.8 Å². The van der Waals surface area contributed by atoms with Crippen LogP contribution in [0.3, 0.4) is 0 Å². The van der Waals surface area contributed by atoms with Crippen molar-refractivity contribution in [2.24, 2.45) is 0 Å². The van der Waals surface area contributed by atoms with Gasteiger partial charge in [0.25, 0.3) is 15.6 Å². The van der Waals surface area contributed by atoms with Crippen molar-refractivity contribution in [2.75, 3.05) is 52.9 Å². The Labute approximate surface area is 674 Å². The Morgan fingerprint density at radius 1 is 0.379 bits per heavy atom. The summed E-state index contributed by atoms with van der Waals surface area (Å²) in [7, 11) is -9.48. The standard InChI is InChI=1S/C40H77O10P.C37H71O10P.2CH4.2Na/c1-4-7-10-12-14-16-18-20-22-24-27-29-38(41)45-32-36(49-39(42)30-28-25-23-21-19-17-15-13-11-8-5-2)34-47-51(43,44)48-35-37-33-46-40(50-37)31-26-9-6-3;1-5-7-9-11-13-15-17-19-21-23-25-27-35(38)42-29-33(31-44-48(40,41)45-32-34-30-43-37(3,4)47-34)46-36(39)28-26-24-22-20-18-16-14-12-10-8-6-2;;;;/h36-37,40H,4-35H2,1-3H3,(H,43,44);33-34H,5-32H2,1-4H3,(H,40,41);2*1H4;;/q;;;;2*+1/p-2/t36-,37?,40?;33-,34?;;;;/m11..../s1. The number of rotatable bonds is 70. The molecule has 0 spiro atoms. The van der Waals surface area contributed by atoms with Gasteiger partial charge in [-0.05, 0) is 52.4 Å². The van der Waals surface area contributed by atoms with Crippen molar-refractivity contribution in [3.63, 3.8) is 0 Å². The van der Waals surface area contributed by atoms with Crippen LogP contribution >= 0.6 is 15.6 Å². The average molecular weight is 1530 g/mol. The van der Waals surface area contributed by atoms with E-state index in [0.717, 1.165) is 103 Å². The number of phosphoric ester groups is 2. The van der Waals surface area contributed by atoms with Crippen LogP contribution in [0, 0.1) is 0 Å². The quantitative estimate of drug-likeness (QED) is 0.0180. The third kappa shape index (κ3) is 72.0. The second-order valence-electron chi connectivity index (χ2n) is 28.3. The van der Waals surface area contributed by atoms with E-state index in [9.17, 15) is 38.1 Å². The summed E-state index contributed by atoms with van der Waals surface area (Å²) in [4.78, 5) is 75.1. The van der Waals surface area contributed by atoms with Gasteiger partial charge in [0, 0.05) is 25.7 Å². The summed E-state index contributed by atoms with van der Waals surface area (Å²) in [5.41, 5.74) is 0. The molecule has 2 saturated heterocycles. The number of carbonyl (C=O) groups is 4. The molecule has 0 aromatic rings. The maximum atomic E-state index is 12.7. The molecule has 0 bridgehead atoms. The Morgan fingerprint density at radius 2 is 0.650 bits per heavy atom. The molecule has 0 aromatic heterocycles. The summed E-state index contributed by atoms with van der Waals surface area (Å²) in [6.07, 6.45) is 53.0. The number of unbranched alkanes of at least 4 members (excludes halogenated alkanes) is 42. The molecule has 2 heterocycles. The topological polar surface area (TPSA) is 259 Å². The van der Waals surface area contributed by atoms with E-state index in [4.69, 9.17) is 56.0 Å². The van der Waals surface area contributed by atoms with Gasteiger partial charge >= 0.3 is 83.0 Å². The Balaban J connectivity index is -0.000000917. The van der Waals surface area contributed by atoms with E-state index in [-0.39, 0.29) is 146 Å². The van der Waals surface area contributed by atoms with Crippen molar-refractivity contribution in [1.29, 1.82) is 0 Å². The zero-order chi connectivity index (χ0) is 72.6. The van der Waals surface area contributed by atoms with E-state index < -0.39 is 82.9 Å². The van der Waals surface area contributed by atoms with Crippen LogP contribution in [0.5, 0.6) is 0 Å². The van der Waals surface area contributed by atoms with Crippen molar-refractivity contribution in [1.82, 2.24) is 0 Å². The van der Waals surface area contributed by atoms with Gasteiger partial charge in [0.2, 0.25) is 0 Å². The first kappa shape index (κ1) is 109. The summed E-state index contributed by atoms with van der Waals surface area (Å²) in [6, 6.07) is 0. The SMILES string of the molecule is C.C.CCCCCCCCCCCCCC(=O)OC[C@H](COP(=O)([O-])OCC1COC(C)(C)O1)OC(=O)CCCCCCCCCCCCC.CCCCCCCCCCCCCC(=O)OC[C@H](COP(=O)([O-])OCC1COC(CCCCC)O1)OC(=O)CCCCCCCCCCCCC.[Na+].[Na+]. The minimum absolute atomic E-state index is 0. The largest absolute Gasteiger partial charge is 1.00 e. The molecule has 602 valence electrons. The molecule has 5 unspecified atom stereocenters. The number of hydrogen-bond donors (Lipinski definition) is 0. The maximum absolute atomic E-state index is 12.7. The predicted molar refractivity (Wildman–Crippen MR) is 402 cm³/mol. The number of esters is 4. The van der Waals surface area contributed by atoms with Gasteiger partial charge in [-0.15, -0.1) is 0 Å². The molecule has 2 aliphatic heterocycles. The predicted octanol–water partition coefficient (Wildman–Crippen LogP) is 15.4. The molecule has 0 N–H and O–H groups in total. The fourth-order valence-electron chi connectivity index (χ4n) is 11.9. The van der Waals surface area contributed by atoms with Gasteiger partial charge in [0.05, 0.1) is 39.6 Å². The number of carbonyl (C=O) groups excluding carboxylic acids is 4. The average Bonchev–Trinajstić information content (AvgIpc) is 1.47. The minimum atomic E-state index is -4.74. The van der Waals surface area contributed by atoms with Gasteiger partial charge in [-0.2, -0.15) is 0 Å². The molecule has 20 nitrogen and oxygen atoms in total. The third-order valence-electron chi connectivity index (χ3n) is 18.0. The second-order valence-corrected chi connectivity index (χ2v) is 31.1. The Bertz CT molecular complexity index is 2010. The molecule has 0 aromatic carbocycles. The van der Waals surface area contributed by atoms with Gasteiger partial charge in [-0.25, -0.2) is 0 Å². The molecule has 103 heavy (non-hydrogen) atoms. The molecule has 0 aliphatic carbocycles. The maximum Gasteiger partial charge on any atom is 1.00 e. The molecule has 24 heteroatoms. The number of phosphoric acid groups is 2. The summed E-state index contributed by atoms with van der Waals surface area (Å²) in [6.45, 7) is 12.9. The van der Waals surface area contributed by atoms with Crippen LogP contribution in [-0.2, 0) is 84.3 Å². The fourth-order valence-corrected chi connectivity index (χ4v) is 13.4. The zero-order valence-corrected chi connectivity index (χ0v) is 71.7. The van der Waals surface area contributed by atoms with Crippen LogP contribution in [0.15, 0.2) is 0 Å². The van der Waals surface area contributed by atoms with Crippen molar-refractivity contribution in [3.05, 3.63) is 0 Å². The van der Waals surface area contributed by atoms with E-state index >= 15 is 0 Å². The van der Waals surface area contributed by atoms with Gasteiger partial charge in [0.1, 0.15) is 25.4 Å². The minimum Gasteiger partial charge on any atom is -0.756 e. The first-order valence-electron chi connectivity index (χ1n) is 40.3. The van der Waals surface area contributed by atoms with Crippen LogP contribution in [0.2, 0.25) is 0 Å².